The first-order valence-electron chi connectivity index (χ1n) is 7.94. The first kappa shape index (κ1) is 24.8. The third-order valence-corrected chi connectivity index (χ3v) is 4.29. The van der Waals surface area contributed by atoms with Gasteiger partial charge in [0.1, 0.15) is 0 Å². The number of rotatable bonds is 6. The minimum absolute atomic E-state index is 0.101. The van der Waals surface area contributed by atoms with Gasteiger partial charge in [-0.05, 0) is 11.1 Å². The van der Waals surface area contributed by atoms with Crippen LogP contribution in [-0.4, -0.2) is 29.9 Å². The lowest BCUT2D eigenvalue weighted by Gasteiger charge is -2.39. The zero-order valence-electron chi connectivity index (χ0n) is 14.6. The van der Waals surface area contributed by atoms with Crippen LogP contribution in [0, 0.1) is 0 Å². The molecule has 0 heterocycles. The summed E-state index contributed by atoms with van der Waals surface area (Å²) in [5.74, 6) is -37.0. The molecule has 0 fully saturated rings. The molecule has 0 bridgehead atoms. The Morgan fingerprint density at radius 2 is 0.774 bits per heavy atom. The zero-order chi connectivity index (χ0) is 24.1. The standard InChI is InChI=1S/C18H9F13/c19-13(20,12-8-6-11(7-9-12)10-4-2-1-3-5-10)14(21,22)15(23,24)16(25,26)17(27,28)18(29,30)31/h1-9H. The van der Waals surface area contributed by atoms with Crippen molar-refractivity contribution in [2.45, 2.75) is 35.8 Å². The Labute approximate surface area is 165 Å². The Bertz CT molecular complexity index is 896. The minimum atomic E-state index is -7.91. The van der Waals surface area contributed by atoms with Crippen LogP contribution in [0.15, 0.2) is 54.6 Å². The molecule has 0 unspecified atom stereocenters. The van der Waals surface area contributed by atoms with Crippen molar-refractivity contribution in [3.63, 3.8) is 0 Å². The van der Waals surface area contributed by atoms with Crippen molar-refractivity contribution in [1.29, 1.82) is 0 Å². The van der Waals surface area contributed by atoms with Gasteiger partial charge in [-0.1, -0.05) is 54.6 Å². The summed E-state index contributed by atoms with van der Waals surface area (Å²) in [6, 6.07) is 9.13. The highest BCUT2D eigenvalue weighted by Crippen LogP contribution is 2.62. The summed E-state index contributed by atoms with van der Waals surface area (Å²) in [5, 5.41) is 0. The van der Waals surface area contributed by atoms with Gasteiger partial charge in [-0.2, -0.15) is 57.1 Å². The average Bonchev–Trinajstić information content (AvgIpc) is 2.67. The van der Waals surface area contributed by atoms with E-state index in [0.717, 1.165) is 12.1 Å². The van der Waals surface area contributed by atoms with E-state index in [1.807, 2.05) is 0 Å². The van der Waals surface area contributed by atoms with Gasteiger partial charge in [0.15, 0.2) is 0 Å². The normalized spacial score (nSPS) is 14.6. The van der Waals surface area contributed by atoms with Crippen LogP contribution in [0.3, 0.4) is 0 Å². The average molecular weight is 472 g/mol. The predicted octanol–water partition coefficient (Wildman–Crippen LogP) is 7.55. The Balaban J connectivity index is 2.51. The van der Waals surface area contributed by atoms with E-state index in [1.54, 1.807) is 6.07 Å². The lowest BCUT2D eigenvalue weighted by molar-refractivity contribution is -0.441. The van der Waals surface area contributed by atoms with Gasteiger partial charge in [-0.3, -0.25) is 0 Å². The molecular weight excluding hydrogens is 463 g/mol. The molecule has 0 saturated carbocycles. The maximum atomic E-state index is 14.1. The molecule has 13 heteroatoms. The summed E-state index contributed by atoms with van der Waals surface area (Å²) < 4.78 is 171. The fourth-order valence-corrected chi connectivity index (χ4v) is 2.45. The van der Waals surface area contributed by atoms with Gasteiger partial charge >= 0.3 is 35.8 Å². The van der Waals surface area contributed by atoms with Gasteiger partial charge in [-0.25, -0.2) is 0 Å². The lowest BCUT2D eigenvalue weighted by Crippen LogP contribution is -2.69. The number of benzene rings is 2. The zero-order valence-corrected chi connectivity index (χ0v) is 14.6. The second-order valence-corrected chi connectivity index (χ2v) is 6.31. The number of hydrogen-bond donors (Lipinski definition) is 0. The summed E-state index contributed by atoms with van der Waals surface area (Å²) >= 11 is 0. The molecule has 31 heavy (non-hydrogen) atoms. The van der Waals surface area contributed by atoms with Crippen LogP contribution in [0.4, 0.5) is 57.1 Å². The van der Waals surface area contributed by atoms with Gasteiger partial charge < -0.3 is 0 Å². The summed E-state index contributed by atoms with van der Waals surface area (Å²) in [5.41, 5.74) is -1.56. The maximum Gasteiger partial charge on any atom is 0.460 e. The summed E-state index contributed by atoms with van der Waals surface area (Å²) in [6.07, 6.45) is -7.43. The van der Waals surface area contributed by atoms with E-state index in [4.69, 9.17) is 0 Å². The highest BCUT2D eigenvalue weighted by molar-refractivity contribution is 5.63. The molecule has 0 aliphatic rings. The SMILES string of the molecule is FC(F)(F)C(F)(F)C(F)(F)C(F)(F)C(F)(F)C(F)(F)c1ccc(-c2ccccc2)cc1. The third kappa shape index (κ3) is 3.61. The first-order chi connectivity index (χ1) is 13.8. The van der Waals surface area contributed by atoms with Crippen LogP contribution in [0.2, 0.25) is 0 Å². The Hall–Kier alpha value is -2.47. The molecule has 0 atom stereocenters. The quantitative estimate of drug-likeness (QED) is 0.381. The second-order valence-electron chi connectivity index (χ2n) is 6.31. The predicted molar refractivity (Wildman–Crippen MR) is 81.6 cm³/mol. The van der Waals surface area contributed by atoms with E-state index in [2.05, 4.69) is 0 Å². The summed E-state index contributed by atoms with van der Waals surface area (Å²) in [4.78, 5) is 0. The largest absolute Gasteiger partial charge is 0.460 e. The van der Waals surface area contributed by atoms with E-state index >= 15 is 0 Å². The number of hydrogen-bond acceptors (Lipinski definition) is 0. The molecule has 0 radical (unpaired) electrons. The fourth-order valence-electron chi connectivity index (χ4n) is 2.45. The summed E-state index contributed by atoms with van der Waals surface area (Å²) in [6.45, 7) is 0. The van der Waals surface area contributed by atoms with E-state index in [1.165, 1.54) is 24.3 Å². The summed E-state index contributed by atoms with van der Waals surface area (Å²) in [7, 11) is 0. The van der Waals surface area contributed by atoms with Crippen molar-refractivity contribution in [2.24, 2.45) is 0 Å². The molecule has 0 nitrogen and oxygen atoms in total. The molecule has 0 N–H and O–H groups in total. The van der Waals surface area contributed by atoms with Crippen molar-refractivity contribution in [3.05, 3.63) is 60.2 Å². The molecule has 2 aromatic carbocycles. The number of halogens is 13. The Morgan fingerprint density at radius 1 is 0.387 bits per heavy atom. The Kier molecular flexibility index (Phi) is 5.84. The van der Waals surface area contributed by atoms with E-state index in [0.29, 0.717) is 5.56 Å². The fraction of sp³-hybridized carbons (Fsp3) is 0.333. The molecule has 172 valence electrons. The minimum Gasteiger partial charge on any atom is -0.194 e. The highest BCUT2D eigenvalue weighted by atomic mass is 19.4. The Morgan fingerprint density at radius 3 is 1.19 bits per heavy atom. The van der Waals surface area contributed by atoms with Crippen molar-refractivity contribution < 1.29 is 57.1 Å². The molecule has 0 saturated heterocycles. The van der Waals surface area contributed by atoms with E-state index in [-0.39, 0.29) is 17.7 Å². The lowest BCUT2D eigenvalue weighted by atomic mass is 9.90. The van der Waals surface area contributed by atoms with E-state index in [9.17, 15) is 57.1 Å². The van der Waals surface area contributed by atoms with Gasteiger partial charge in [0.05, 0.1) is 0 Å². The van der Waals surface area contributed by atoms with Crippen molar-refractivity contribution in [3.8, 4) is 11.1 Å². The van der Waals surface area contributed by atoms with Gasteiger partial charge in [-0.15, -0.1) is 0 Å². The van der Waals surface area contributed by atoms with Crippen LogP contribution in [0.1, 0.15) is 5.56 Å². The van der Waals surface area contributed by atoms with Crippen LogP contribution >= 0.6 is 0 Å². The second kappa shape index (κ2) is 7.30. The number of alkyl halides is 13. The smallest absolute Gasteiger partial charge is 0.194 e. The first-order valence-corrected chi connectivity index (χ1v) is 7.94. The van der Waals surface area contributed by atoms with Gasteiger partial charge in [0, 0.05) is 5.56 Å². The van der Waals surface area contributed by atoms with Gasteiger partial charge in [0.25, 0.3) is 0 Å². The van der Waals surface area contributed by atoms with E-state index < -0.39 is 41.4 Å². The monoisotopic (exact) mass is 472 g/mol. The van der Waals surface area contributed by atoms with Crippen molar-refractivity contribution in [1.82, 2.24) is 0 Å². The molecule has 0 amide bonds. The third-order valence-electron chi connectivity index (χ3n) is 4.29. The van der Waals surface area contributed by atoms with Crippen LogP contribution in [-0.2, 0) is 5.92 Å². The molecule has 0 aliphatic carbocycles. The van der Waals surface area contributed by atoms with Crippen LogP contribution in [0.5, 0.6) is 0 Å². The van der Waals surface area contributed by atoms with Crippen LogP contribution in [0.25, 0.3) is 11.1 Å². The molecule has 0 spiro atoms. The van der Waals surface area contributed by atoms with Crippen LogP contribution < -0.4 is 0 Å². The topological polar surface area (TPSA) is 0 Å². The molecule has 0 aliphatic heterocycles. The maximum absolute atomic E-state index is 14.1. The van der Waals surface area contributed by atoms with Gasteiger partial charge in [0.2, 0.25) is 0 Å². The van der Waals surface area contributed by atoms with Crippen molar-refractivity contribution >= 4 is 0 Å². The molecule has 0 aromatic heterocycles. The molecular formula is C18H9F13. The molecule has 2 rings (SSSR count). The highest BCUT2D eigenvalue weighted by Gasteiger charge is 2.90. The molecule has 2 aromatic rings. The van der Waals surface area contributed by atoms with Crippen molar-refractivity contribution in [2.75, 3.05) is 0 Å².